The molecule has 2 amide bonds. The van der Waals surface area contributed by atoms with E-state index in [1.165, 1.54) is 12.8 Å². The standard InChI is InChI=1S/C33H43F3N8O3/c1-2-43-27(9-12-38-43)31(46)40-29(21-7-5-19-3-4-20(19)6-8-21)26-18-44-32(39-26)41-28(22-10-13-47-14-11-22)25(42-44)16-23-15-24(33(34,35)36)17-37-30(23)45/h9,12,18-24,29H,2-8,10-11,13-17H2,1H3,(H,37,45)(H,40,46)/t19-,20+,21?,23-,24-,29+/m1/s1. The highest BCUT2D eigenvalue weighted by Gasteiger charge is 2.45. The number of aromatic nitrogens is 6. The molecule has 2 saturated carbocycles. The molecule has 4 aliphatic rings. The molecule has 11 nitrogen and oxygen atoms in total. The first-order valence-corrected chi connectivity index (χ1v) is 17.2. The molecule has 2 aliphatic heterocycles. The first-order chi connectivity index (χ1) is 22.7. The van der Waals surface area contributed by atoms with Crippen molar-refractivity contribution in [3.05, 3.63) is 41.2 Å². The van der Waals surface area contributed by atoms with Crippen LogP contribution in [0.4, 0.5) is 13.2 Å². The van der Waals surface area contributed by atoms with E-state index in [9.17, 15) is 22.8 Å². The predicted molar refractivity (Wildman–Crippen MR) is 164 cm³/mol. The van der Waals surface area contributed by atoms with Gasteiger partial charge in [-0.2, -0.15) is 23.4 Å². The molecule has 254 valence electrons. The Hall–Kier alpha value is -3.55. The highest BCUT2D eigenvalue weighted by atomic mass is 19.4. The van der Waals surface area contributed by atoms with Crippen LogP contribution >= 0.6 is 0 Å². The summed E-state index contributed by atoms with van der Waals surface area (Å²) >= 11 is 0. The Morgan fingerprint density at radius 1 is 1.09 bits per heavy atom. The van der Waals surface area contributed by atoms with Gasteiger partial charge in [0, 0.05) is 50.8 Å². The summed E-state index contributed by atoms with van der Waals surface area (Å²) in [5, 5.41) is 14.9. The van der Waals surface area contributed by atoms with Gasteiger partial charge in [-0.3, -0.25) is 14.3 Å². The summed E-state index contributed by atoms with van der Waals surface area (Å²) in [5.41, 5.74) is 2.31. The minimum atomic E-state index is -4.39. The second-order valence-electron chi connectivity index (χ2n) is 13.9. The maximum atomic E-state index is 13.7. The van der Waals surface area contributed by atoms with Gasteiger partial charge in [-0.25, -0.2) is 14.5 Å². The SMILES string of the molecule is CCn1nccc1C(=O)N[C@H](c1cn2nc(C[C@H]3C[C@@H](C(F)(F)F)CNC3=O)c(C3CCOCC3)nc2n1)C1CC[C@@H]2CC[C@@H]2CC1. The van der Waals surface area contributed by atoms with Gasteiger partial charge in [-0.1, -0.05) is 0 Å². The maximum absolute atomic E-state index is 13.7. The van der Waals surface area contributed by atoms with Gasteiger partial charge in [0.05, 0.1) is 35.2 Å². The molecule has 47 heavy (non-hydrogen) atoms. The summed E-state index contributed by atoms with van der Waals surface area (Å²) in [6, 6.07) is 1.34. The van der Waals surface area contributed by atoms with E-state index in [-0.39, 0.29) is 36.6 Å². The van der Waals surface area contributed by atoms with Crippen LogP contribution in [0.1, 0.15) is 104 Å². The van der Waals surface area contributed by atoms with Gasteiger partial charge in [-0.05, 0) is 88.5 Å². The molecule has 3 aromatic rings. The number of imidazole rings is 1. The Morgan fingerprint density at radius 2 is 1.81 bits per heavy atom. The number of fused-ring (bicyclic) bond motifs is 2. The summed E-state index contributed by atoms with van der Waals surface area (Å²) in [6.45, 7) is 3.19. The zero-order chi connectivity index (χ0) is 32.7. The summed E-state index contributed by atoms with van der Waals surface area (Å²) in [5.74, 6) is -1.05. The van der Waals surface area contributed by atoms with E-state index in [2.05, 4.69) is 15.7 Å². The number of rotatable bonds is 8. The molecule has 6 atom stereocenters. The molecule has 2 saturated heterocycles. The number of ether oxygens (including phenoxy) is 1. The number of amides is 2. The molecule has 5 heterocycles. The number of hydrogen-bond acceptors (Lipinski definition) is 7. The number of alkyl halides is 3. The van der Waals surface area contributed by atoms with Crippen molar-refractivity contribution in [2.75, 3.05) is 19.8 Å². The minimum absolute atomic E-state index is 0.0105. The lowest BCUT2D eigenvalue weighted by molar-refractivity contribution is -0.183. The number of piperidine rings is 1. The molecule has 2 N–H and O–H groups in total. The number of nitrogens with one attached hydrogen (secondary N) is 2. The fourth-order valence-corrected chi connectivity index (χ4v) is 8.19. The lowest BCUT2D eigenvalue weighted by atomic mass is 9.71. The van der Waals surface area contributed by atoms with Crippen LogP contribution in [0.3, 0.4) is 0 Å². The maximum Gasteiger partial charge on any atom is 0.393 e. The molecular formula is C33H43F3N8O3. The smallest absolute Gasteiger partial charge is 0.381 e. The molecule has 0 aromatic carbocycles. The van der Waals surface area contributed by atoms with Gasteiger partial charge in [0.1, 0.15) is 5.69 Å². The van der Waals surface area contributed by atoms with Crippen LogP contribution < -0.4 is 10.6 Å². The second kappa shape index (κ2) is 13.2. The van der Waals surface area contributed by atoms with E-state index in [1.54, 1.807) is 27.7 Å². The third kappa shape index (κ3) is 6.62. The number of halogens is 3. The second-order valence-corrected chi connectivity index (χ2v) is 13.9. The number of hydrogen-bond donors (Lipinski definition) is 2. The van der Waals surface area contributed by atoms with Gasteiger partial charge in [0.25, 0.3) is 11.7 Å². The number of carbonyl (C=O) groups is 2. The fraction of sp³-hybridized carbons (Fsp3) is 0.697. The Kier molecular flexibility index (Phi) is 8.96. The average molecular weight is 657 g/mol. The summed E-state index contributed by atoms with van der Waals surface area (Å²) in [6.07, 6.45) is 6.92. The van der Waals surface area contributed by atoms with Crippen molar-refractivity contribution >= 4 is 17.6 Å². The van der Waals surface area contributed by atoms with E-state index in [1.807, 2.05) is 6.92 Å². The molecule has 2 aliphatic carbocycles. The van der Waals surface area contributed by atoms with Gasteiger partial charge in [0.2, 0.25) is 5.91 Å². The topological polar surface area (TPSA) is 128 Å². The zero-order valence-electron chi connectivity index (χ0n) is 26.7. The van der Waals surface area contributed by atoms with Crippen molar-refractivity contribution in [2.24, 2.45) is 29.6 Å². The number of nitrogens with zero attached hydrogens (tertiary/aromatic N) is 6. The molecule has 1 unspecified atom stereocenters. The average Bonchev–Trinajstić information content (AvgIpc) is 3.66. The molecule has 7 rings (SSSR count). The van der Waals surface area contributed by atoms with E-state index >= 15 is 0 Å². The van der Waals surface area contributed by atoms with Gasteiger partial charge in [0.15, 0.2) is 0 Å². The van der Waals surface area contributed by atoms with Crippen molar-refractivity contribution in [2.45, 2.75) is 95.8 Å². The first-order valence-electron chi connectivity index (χ1n) is 17.2. The van der Waals surface area contributed by atoms with Crippen molar-refractivity contribution < 1.29 is 27.5 Å². The van der Waals surface area contributed by atoms with Crippen molar-refractivity contribution in [3.8, 4) is 0 Å². The largest absolute Gasteiger partial charge is 0.393 e. The highest BCUT2D eigenvalue weighted by molar-refractivity contribution is 5.92. The predicted octanol–water partition coefficient (Wildman–Crippen LogP) is 4.78. The highest BCUT2D eigenvalue weighted by Crippen LogP contribution is 2.47. The molecule has 4 fully saturated rings. The first kappa shape index (κ1) is 32.0. The van der Waals surface area contributed by atoms with E-state index in [0.29, 0.717) is 61.2 Å². The van der Waals surface area contributed by atoms with Crippen LogP contribution in [-0.2, 0) is 22.5 Å². The molecular weight excluding hydrogens is 613 g/mol. The van der Waals surface area contributed by atoms with E-state index in [4.69, 9.17) is 19.8 Å². The summed E-state index contributed by atoms with van der Waals surface area (Å²) < 4.78 is 49.8. The Bertz CT molecular complexity index is 1590. The monoisotopic (exact) mass is 656 g/mol. The van der Waals surface area contributed by atoms with E-state index < -0.39 is 30.5 Å². The molecule has 0 spiro atoms. The Balaban J connectivity index is 1.23. The van der Waals surface area contributed by atoms with Gasteiger partial charge in [-0.15, -0.1) is 0 Å². The van der Waals surface area contributed by atoms with Gasteiger partial charge >= 0.3 is 6.18 Å². The van der Waals surface area contributed by atoms with Crippen LogP contribution in [0.15, 0.2) is 18.5 Å². The molecule has 0 radical (unpaired) electrons. The van der Waals surface area contributed by atoms with Crippen LogP contribution in [0.25, 0.3) is 5.78 Å². The van der Waals surface area contributed by atoms with Crippen LogP contribution in [-0.4, -0.2) is 67.1 Å². The Labute approximate surface area is 271 Å². The number of carbonyl (C=O) groups excluding carboxylic acids is 2. The van der Waals surface area contributed by atoms with E-state index in [0.717, 1.165) is 37.5 Å². The van der Waals surface area contributed by atoms with Crippen molar-refractivity contribution in [1.82, 2.24) is 40.0 Å². The minimum Gasteiger partial charge on any atom is -0.381 e. The van der Waals surface area contributed by atoms with Crippen LogP contribution in [0.2, 0.25) is 0 Å². The van der Waals surface area contributed by atoms with Crippen molar-refractivity contribution in [3.63, 3.8) is 0 Å². The lowest BCUT2D eigenvalue weighted by Gasteiger charge is -2.35. The number of aryl methyl sites for hydroxylation is 1. The summed E-state index contributed by atoms with van der Waals surface area (Å²) in [7, 11) is 0. The zero-order valence-corrected chi connectivity index (χ0v) is 26.7. The third-order valence-electron chi connectivity index (χ3n) is 11.1. The third-order valence-corrected chi connectivity index (χ3v) is 11.1. The molecule has 14 heteroatoms. The van der Waals surface area contributed by atoms with Crippen LogP contribution in [0.5, 0.6) is 0 Å². The lowest BCUT2D eigenvalue weighted by Crippen LogP contribution is -2.47. The fourth-order valence-electron chi connectivity index (χ4n) is 8.19. The van der Waals surface area contributed by atoms with Gasteiger partial charge < -0.3 is 15.4 Å². The van der Waals surface area contributed by atoms with Crippen molar-refractivity contribution in [1.29, 1.82) is 0 Å². The molecule has 3 aromatic heterocycles. The Morgan fingerprint density at radius 3 is 2.49 bits per heavy atom. The quantitative estimate of drug-likeness (QED) is 0.357. The molecule has 0 bridgehead atoms. The van der Waals surface area contributed by atoms with Crippen LogP contribution in [0, 0.1) is 29.6 Å². The normalized spacial score (nSPS) is 27.8. The summed E-state index contributed by atoms with van der Waals surface area (Å²) in [4.78, 5) is 36.4.